The van der Waals surface area contributed by atoms with Gasteiger partial charge in [0.25, 0.3) is 0 Å². The van der Waals surface area contributed by atoms with E-state index < -0.39 is 4.92 Å². The summed E-state index contributed by atoms with van der Waals surface area (Å²) in [5.41, 5.74) is 0.246. The fourth-order valence-electron chi connectivity index (χ4n) is 4.48. The highest BCUT2D eigenvalue weighted by molar-refractivity contribution is 6.30. The Morgan fingerprint density at radius 3 is 2.76 bits per heavy atom. The molecule has 1 aromatic rings. The second kappa shape index (κ2) is 4.57. The van der Waals surface area contributed by atoms with Crippen LogP contribution < -0.4 is 5.32 Å². The first-order valence-electron chi connectivity index (χ1n) is 7.30. The predicted molar refractivity (Wildman–Crippen MR) is 82.5 cm³/mol. The van der Waals surface area contributed by atoms with Crippen LogP contribution >= 0.6 is 11.6 Å². The molecule has 3 rings (SSSR count). The maximum absolute atomic E-state index is 11.2. The van der Waals surface area contributed by atoms with E-state index in [2.05, 4.69) is 31.1 Å². The Morgan fingerprint density at radius 1 is 1.48 bits per heavy atom. The zero-order valence-electron chi connectivity index (χ0n) is 12.5. The highest BCUT2D eigenvalue weighted by atomic mass is 35.5. The van der Waals surface area contributed by atoms with Crippen LogP contribution in [0.1, 0.15) is 40.0 Å². The first kappa shape index (κ1) is 14.6. The van der Waals surface area contributed by atoms with Gasteiger partial charge in [-0.1, -0.05) is 32.4 Å². The minimum atomic E-state index is -0.427. The minimum absolute atomic E-state index is 0.0512. The Hall–Kier alpha value is -1.36. The van der Waals surface area contributed by atoms with Crippen molar-refractivity contribution in [2.24, 2.45) is 16.7 Å². The fourth-order valence-corrected chi connectivity index (χ4v) is 4.63. The number of nitrogens with zero attached hydrogens (tertiary/aromatic N) is 2. The molecule has 5 nitrogen and oxygen atoms in total. The SMILES string of the molecule is CC12CCC(C1)C(C)(C)C2Nc1ncc(Cl)cc1[N+](=O)[O-]. The molecule has 0 aromatic carbocycles. The lowest BCUT2D eigenvalue weighted by Crippen LogP contribution is -2.46. The molecule has 3 unspecified atom stereocenters. The number of nitrogens with one attached hydrogen (secondary N) is 1. The van der Waals surface area contributed by atoms with Gasteiger partial charge in [-0.2, -0.15) is 0 Å². The second-order valence-corrected chi connectivity index (χ2v) is 7.71. The molecule has 2 aliphatic carbocycles. The minimum Gasteiger partial charge on any atom is -0.361 e. The van der Waals surface area contributed by atoms with Crippen LogP contribution in [0, 0.1) is 26.9 Å². The molecular weight excluding hydrogens is 290 g/mol. The van der Waals surface area contributed by atoms with Gasteiger partial charge in [0.05, 0.1) is 9.95 Å². The molecule has 1 N–H and O–H groups in total. The standard InChI is InChI=1S/C15H20ClN3O2/c1-14(2)9-4-5-15(3,7-9)13(14)18-12-11(19(20)21)6-10(16)8-17-12/h6,8-9,13H,4-5,7H2,1-3H3,(H,17,18). The Labute approximate surface area is 129 Å². The third-order valence-corrected chi connectivity index (χ3v) is 5.79. The number of nitro groups is 1. The average molecular weight is 310 g/mol. The molecule has 0 amide bonds. The van der Waals surface area contributed by atoms with E-state index in [1.54, 1.807) is 0 Å². The van der Waals surface area contributed by atoms with Gasteiger partial charge >= 0.3 is 5.69 Å². The van der Waals surface area contributed by atoms with E-state index in [-0.39, 0.29) is 27.6 Å². The highest BCUT2D eigenvalue weighted by Gasteiger charge is 2.59. The lowest BCUT2D eigenvalue weighted by Gasteiger charge is -2.43. The number of pyridine rings is 1. The van der Waals surface area contributed by atoms with Gasteiger partial charge in [-0.3, -0.25) is 10.1 Å². The highest BCUT2D eigenvalue weighted by Crippen LogP contribution is 2.63. The van der Waals surface area contributed by atoms with E-state index >= 15 is 0 Å². The molecule has 1 aromatic heterocycles. The summed E-state index contributed by atoms with van der Waals surface area (Å²) in [5, 5.41) is 14.9. The molecule has 6 heteroatoms. The van der Waals surface area contributed by atoms with Gasteiger partial charge in [-0.25, -0.2) is 4.98 Å². The number of halogens is 1. The number of anilines is 1. The molecule has 2 saturated carbocycles. The van der Waals surface area contributed by atoms with Crippen LogP contribution in [0.5, 0.6) is 0 Å². The van der Waals surface area contributed by atoms with Crippen LogP contribution in [0.3, 0.4) is 0 Å². The van der Waals surface area contributed by atoms with Crippen molar-refractivity contribution in [3.8, 4) is 0 Å². The van der Waals surface area contributed by atoms with Crippen LogP contribution in [-0.4, -0.2) is 15.9 Å². The zero-order chi connectivity index (χ0) is 15.4. The normalized spacial score (nSPS) is 33.1. The molecule has 2 fully saturated rings. The maximum atomic E-state index is 11.2. The molecule has 1 heterocycles. The Kier molecular flexibility index (Phi) is 3.17. The summed E-state index contributed by atoms with van der Waals surface area (Å²) in [7, 11) is 0. The lowest BCUT2D eigenvalue weighted by molar-refractivity contribution is -0.384. The zero-order valence-corrected chi connectivity index (χ0v) is 13.3. The Bertz CT molecular complexity index is 600. The topological polar surface area (TPSA) is 68.1 Å². The molecule has 114 valence electrons. The van der Waals surface area contributed by atoms with E-state index in [9.17, 15) is 10.1 Å². The number of rotatable bonds is 3. The molecular formula is C15H20ClN3O2. The van der Waals surface area contributed by atoms with Gasteiger partial charge in [-0.05, 0) is 36.0 Å². The van der Waals surface area contributed by atoms with Crippen molar-refractivity contribution < 1.29 is 4.92 Å². The van der Waals surface area contributed by atoms with Crippen LogP contribution in [0.25, 0.3) is 0 Å². The molecule has 2 aliphatic rings. The van der Waals surface area contributed by atoms with E-state index in [0.717, 1.165) is 0 Å². The van der Waals surface area contributed by atoms with E-state index in [0.29, 0.717) is 11.7 Å². The molecule has 21 heavy (non-hydrogen) atoms. The van der Waals surface area contributed by atoms with Crippen molar-refractivity contribution in [1.82, 2.24) is 4.98 Å². The molecule has 0 saturated heterocycles. The van der Waals surface area contributed by atoms with Crippen molar-refractivity contribution in [1.29, 1.82) is 0 Å². The lowest BCUT2D eigenvalue weighted by atomic mass is 9.68. The molecule has 2 bridgehead atoms. The fraction of sp³-hybridized carbons (Fsp3) is 0.667. The quantitative estimate of drug-likeness (QED) is 0.668. The van der Waals surface area contributed by atoms with Crippen LogP contribution in [0.4, 0.5) is 11.5 Å². The van der Waals surface area contributed by atoms with Gasteiger partial charge in [0.15, 0.2) is 0 Å². The van der Waals surface area contributed by atoms with Gasteiger partial charge in [0, 0.05) is 18.3 Å². The first-order chi connectivity index (χ1) is 9.74. The van der Waals surface area contributed by atoms with Crippen molar-refractivity contribution in [3.63, 3.8) is 0 Å². The predicted octanol–water partition coefficient (Wildman–Crippen LogP) is 4.27. The Balaban J connectivity index is 1.96. The largest absolute Gasteiger partial charge is 0.361 e. The summed E-state index contributed by atoms with van der Waals surface area (Å²) in [5.74, 6) is 1.00. The second-order valence-electron chi connectivity index (χ2n) is 7.27. The smallest absolute Gasteiger partial charge is 0.312 e. The summed E-state index contributed by atoms with van der Waals surface area (Å²) in [6, 6.07) is 1.55. The van der Waals surface area contributed by atoms with Crippen LogP contribution in [0.2, 0.25) is 5.02 Å². The monoisotopic (exact) mass is 309 g/mol. The summed E-state index contributed by atoms with van der Waals surface area (Å²) < 4.78 is 0. The van der Waals surface area contributed by atoms with E-state index in [4.69, 9.17) is 11.6 Å². The number of aromatic nitrogens is 1. The van der Waals surface area contributed by atoms with Crippen molar-refractivity contribution >= 4 is 23.1 Å². The first-order valence-corrected chi connectivity index (χ1v) is 7.68. The van der Waals surface area contributed by atoms with Gasteiger partial charge in [0.1, 0.15) is 0 Å². The third kappa shape index (κ3) is 2.18. The van der Waals surface area contributed by atoms with E-state index in [1.165, 1.54) is 31.5 Å². The van der Waals surface area contributed by atoms with Gasteiger partial charge < -0.3 is 5.32 Å². The van der Waals surface area contributed by atoms with Crippen molar-refractivity contribution in [3.05, 3.63) is 27.4 Å². The van der Waals surface area contributed by atoms with Crippen LogP contribution in [-0.2, 0) is 0 Å². The summed E-state index contributed by atoms with van der Waals surface area (Å²) in [6.07, 6.45) is 5.05. The molecule has 0 radical (unpaired) electrons. The third-order valence-electron chi connectivity index (χ3n) is 5.58. The maximum Gasteiger partial charge on any atom is 0.312 e. The van der Waals surface area contributed by atoms with Crippen molar-refractivity contribution in [2.75, 3.05) is 5.32 Å². The Morgan fingerprint density at radius 2 is 2.19 bits per heavy atom. The van der Waals surface area contributed by atoms with Gasteiger partial charge in [-0.15, -0.1) is 0 Å². The number of fused-ring (bicyclic) bond motifs is 2. The van der Waals surface area contributed by atoms with E-state index in [1.807, 2.05) is 0 Å². The number of hydrogen-bond acceptors (Lipinski definition) is 4. The van der Waals surface area contributed by atoms with Crippen LogP contribution in [0.15, 0.2) is 12.3 Å². The van der Waals surface area contributed by atoms with Gasteiger partial charge in [0.2, 0.25) is 5.82 Å². The number of hydrogen-bond donors (Lipinski definition) is 1. The van der Waals surface area contributed by atoms with Crippen molar-refractivity contribution in [2.45, 2.75) is 46.1 Å². The molecule has 3 atom stereocenters. The average Bonchev–Trinajstić information content (AvgIpc) is 2.87. The molecule has 0 aliphatic heterocycles. The summed E-state index contributed by atoms with van der Waals surface area (Å²) in [4.78, 5) is 14.9. The summed E-state index contributed by atoms with van der Waals surface area (Å²) >= 11 is 5.83. The molecule has 0 spiro atoms. The summed E-state index contributed by atoms with van der Waals surface area (Å²) in [6.45, 7) is 6.78.